The maximum Gasteiger partial charge on any atom is 0.267 e. The van der Waals surface area contributed by atoms with Crippen molar-refractivity contribution in [2.75, 3.05) is 5.75 Å². The number of amides is 1. The van der Waals surface area contributed by atoms with Gasteiger partial charge in [0, 0.05) is 6.42 Å². The number of nitrogens with one attached hydrogen (secondary N) is 1. The Labute approximate surface area is 210 Å². The lowest BCUT2D eigenvalue weighted by Gasteiger charge is -2.21. The van der Waals surface area contributed by atoms with Crippen molar-refractivity contribution in [3.63, 3.8) is 0 Å². The summed E-state index contributed by atoms with van der Waals surface area (Å²) >= 11 is 0. The second-order valence-electron chi connectivity index (χ2n) is 9.68. The lowest BCUT2D eigenvalue weighted by molar-refractivity contribution is -0.122. The number of hydrogen-bond donors (Lipinski definition) is 3. The van der Waals surface area contributed by atoms with Gasteiger partial charge < -0.3 is 10.4 Å². The van der Waals surface area contributed by atoms with Crippen LogP contribution < -0.4 is 5.32 Å². The molecule has 0 heterocycles. The van der Waals surface area contributed by atoms with Crippen molar-refractivity contribution in [2.24, 2.45) is 0 Å². The van der Waals surface area contributed by atoms with Crippen molar-refractivity contribution in [2.45, 2.75) is 148 Å². The first-order valence-corrected chi connectivity index (χ1v) is 15.5. The van der Waals surface area contributed by atoms with Gasteiger partial charge in [0.1, 0.15) is 0 Å². The fourth-order valence-electron chi connectivity index (χ4n) is 4.09. The molecule has 0 aromatic rings. The van der Waals surface area contributed by atoms with Crippen molar-refractivity contribution >= 4 is 16.0 Å². The average molecular weight is 504 g/mol. The highest BCUT2D eigenvalue weighted by Gasteiger charge is 2.24. The van der Waals surface area contributed by atoms with Gasteiger partial charge in [-0.2, -0.15) is 8.42 Å². The minimum atomic E-state index is -4.31. The highest BCUT2D eigenvalue weighted by atomic mass is 32.2. The van der Waals surface area contributed by atoms with Crippen LogP contribution in [0.1, 0.15) is 136 Å². The zero-order chi connectivity index (χ0) is 25.5. The Morgan fingerprint density at radius 2 is 1.21 bits per heavy atom. The fraction of sp³-hybridized carbons (Fsp3) is 0.889. The highest BCUT2D eigenvalue weighted by molar-refractivity contribution is 7.85. The molecule has 0 spiro atoms. The molecule has 7 heteroatoms. The number of hydrogen-bond acceptors (Lipinski definition) is 4. The number of carbonyl (C=O) groups is 1. The summed E-state index contributed by atoms with van der Waals surface area (Å²) in [6.45, 7) is 4.35. The van der Waals surface area contributed by atoms with E-state index in [9.17, 15) is 22.9 Å². The topological polar surface area (TPSA) is 104 Å². The molecule has 0 rings (SSSR count). The summed E-state index contributed by atoms with van der Waals surface area (Å²) in [6, 6.07) is -1.04. The Morgan fingerprint density at radius 1 is 0.765 bits per heavy atom. The van der Waals surface area contributed by atoms with Crippen LogP contribution in [0.5, 0.6) is 0 Å². The zero-order valence-electron chi connectivity index (χ0n) is 22.0. The summed E-state index contributed by atoms with van der Waals surface area (Å²) in [5.74, 6) is -0.983. The summed E-state index contributed by atoms with van der Waals surface area (Å²) < 4.78 is 31.8. The van der Waals surface area contributed by atoms with Gasteiger partial charge in [-0.15, -0.1) is 0 Å². The minimum absolute atomic E-state index is 0.286. The third kappa shape index (κ3) is 22.9. The van der Waals surface area contributed by atoms with E-state index in [0.29, 0.717) is 6.42 Å². The van der Waals surface area contributed by atoms with Gasteiger partial charge in [-0.25, -0.2) is 0 Å². The molecule has 1 amide bonds. The van der Waals surface area contributed by atoms with Gasteiger partial charge in [0.2, 0.25) is 5.91 Å². The van der Waals surface area contributed by atoms with Crippen molar-refractivity contribution in [3.05, 3.63) is 12.2 Å². The maximum atomic E-state index is 12.3. The zero-order valence-corrected chi connectivity index (χ0v) is 22.8. The van der Waals surface area contributed by atoms with E-state index in [2.05, 4.69) is 19.2 Å². The van der Waals surface area contributed by atoms with E-state index in [1.54, 1.807) is 6.08 Å². The van der Waals surface area contributed by atoms with Crippen LogP contribution >= 0.6 is 0 Å². The smallest absolute Gasteiger partial charge is 0.267 e. The second-order valence-corrected chi connectivity index (χ2v) is 11.2. The Morgan fingerprint density at radius 3 is 1.68 bits per heavy atom. The normalized spacial score (nSPS) is 13.9. The van der Waals surface area contributed by atoms with Crippen LogP contribution in [0.4, 0.5) is 0 Å². The third-order valence-electron chi connectivity index (χ3n) is 6.21. The lowest BCUT2D eigenvalue weighted by Crippen LogP contribution is -2.46. The van der Waals surface area contributed by atoms with E-state index in [-0.39, 0.29) is 5.91 Å². The summed E-state index contributed by atoms with van der Waals surface area (Å²) in [5.41, 5.74) is 0. The molecule has 0 aliphatic carbocycles. The molecule has 202 valence electrons. The Hall–Kier alpha value is -0.920. The Kier molecular flexibility index (Phi) is 21.9. The summed E-state index contributed by atoms with van der Waals surface area (Å²) in [5, 5.41) is 12.9. The van der Waals surface area contributed by atoms with Crippen molar-refractivity contribution in [3.8, 4) is 0 Å². The van der Waals surface area contributed by atoms with Gasteiger partial charge in [-0.05, 0) is 19.3 Å². The molecule has 0 saturated heterocycles. The molecule has 2 atom stereocenters. The number of allylic oxidation sites excluding steroid dienone is 1. The monoisotopic (exact) mass is 503 g/mol. The molecule has 0 saturated carbocycles. The first kappa shape index (κ1) is 33.1. The van der Waals surface area contributed by atoms with Gasteiger partial charge >= 0.3 is 0 Å². The average Bonchev–Trinajstić information content (AvgIpc) is 2.77. The fourth-order valence-corrected chi connectivity index (χ4v) is 4.83. The Balaban J connectivity index is 3.96. The second kappa shape index (κ2) is 22.5. The first-order chi connectivity index (χ1) is 16.3. The van der Waals surface area contributed by atoms with Crippen LogP contribution in [-0.2, 0) is 14.9 Å². The SMILES string of the molecule is CCCCC/C=C/C(O)C(CS(=O)(=O)O)NC(=O)CCCCCCCCCCCCCCCC. The predicted molar refractivity (Wildman–Crippen MR) is 143 cm³/mol. The van der Waals surface area contributed by atoms with Crippen LogP contribution in [0.25, 0.3) is 0 Å². The molecule has 0 fully saturated rings. The number of carbonyl (C=O) groups excluding carboxylic acids is 1. The number of aliphatic hydroxyl groups excluding tert-OH is 1. The number of aliphatic hydroxyl groups is 1. The molecule has 0 aromatic carbocycles. The largest absolute Gasteiger partial charge is 0.387 e. The first-order valence-electron chi connectivity index (χ1n) is 13.9. The predicted octanol–water partition coefficient (Wildman–Crippen LogP) is 6.73. The molecule has 0 radical (unpaired) electrons. The van der Waals surface area contributed by atoms with Crippen LogP contribution in [0.2, 0.25) is 0 Å². The maximum absolute atomic E-state index is 12.3. The Bertz CT molecular complexity index is 606. The van der Waals surface area contributed by atoms with Crippen LogP contribution in [-0.4, -0.2) is 41.9 Å². The van der Waals surface area contributed by atoms with Gasteiger partial charge in [0.25, 0.3) is 10.1 Å². The molecule has 34 heavy (non-hydrogen) atoms. The standard InChI is InChI=1S/C27H53NO5S/c1-3-5-7-9-10-11-12-13-14-15-16-17-19-21-23-27(30)28-25(24-34(31,32)33)26(29)22-20-18-8-6-4-2/h20,22,25-26,29H,3-19,21,23-24H2,1-2H3,(H,28,30)(H,31,32,33)/b22-20+. The van der Waals surface area contributed by atoms with Crippen LogP contribution in [0.3, 0.4) is 0 Å². The minimum Gasteiger partial charge on any atom is -0.387 e. The molecule has 0 bridgehead atoms. The van der Waals surface area contributed by atoms with E-state index < -0.39 is 28.0 Å². The van der Waals surface area contributed by atoms with Gasteiger partial charge in [0.05, 0.1) is 17.9 Å². The highest BCUT2D eigenvalue weighted by Crippen LogP contribution is 2.13. The molecule has 2 unspecified atom stereocenters. The van der Waals surface area contributed by atoms with E-state index in [1.165, 1.54) is 76.7 Å². The number of rotatable bonds is 24. The quantitative estimate of drug-likeness (QED) is 0.0770. The van der Waals surface area contributed by atoms with Crippen LogP contribution in [0, 0.1) is 0 Å². The van der Waals surface area contributed by atoms with E-state index in [0.717, 1.165) is 44.9 Å². The molecular formula is C27H53NO5S. The van der Waals surface area contributed by atoms with Crippen molar-refractivity contribution in [1.29, 1.82) is 0 Å². The molecule has 6 nitrogen and oxygen atoms in total. The lowest BCUT2D eigenvalue weighted by atomic mass is 10.0. The van der Waals surface area contributed by atoms with E-state index in [1.807, 2.05) is 0 Å². The van der Waals surface area contributed by atoms with E-state index in [4.69, 9.17) is 0 Å². The number of unbranched alkanes of at least 4 members (excludes halogenated alkanes) is 16. The molecular weight excluding hydrogens is 450 g/mol. The van der Waals surface area contributed by atoms with E-state index >= 15 is 0 Å². The molecule has 3 N–H and O–H groups in total. The third-order valence-corrected chi connectivity index (χ3v) is 6.99. The van der Waals surface area contributed by atoms with Gasteiger partial charge in [-0.3, -0.25) is 9.35 Å². The summed E-state index contributed by atoms with van der Waals surface area (Å²) in [6.07, 6.45) is 23.8. The van der Waals surface area contributed by atoms with Crippen molar-refractivity contribution < 1.29 is 22.9 Å². The summed E-state index contributed by atoms with van der Waals surface area (Å²) in [7, 11) is -4.31. The van der Waals surface area contributed by atoms with Crippen LogP contribution in [0.15, 0.2) is 12.2 Å². The van der Waals surface area contributed by atoms with Gasteiger partial charge in [-0.1, -0.05) is 122 Å². The summed E-state index contributed by atoms with van der Waals surface area (Å²) in [4.78, 5) is 12.3. The van der Waals surface area contributed by atoms with Crippen molar-refractivity contribution in [1.82, 2.24) is 5.32 Å². The molecule has 0 aliphatic heterocycles. The molecule has 0 aliphatic rings. The van der Waals surface area contributed by atoms with Gasteiger partial charge in [0.15, 0.2) is 0 Å². The molecule has 0 aromatic heterocycles.